The van der Waals surface area contributed by atoms with E-state index in [1.165, 1.54) is 0 Å². The van der Waals surface area contributed by atoms with Gasteiger partial charge < -0.3 is 5.32 Å². The van der Waals surface area contributed by atoms with Gasteiger partial charge in [-0.2, -0.15) is 4.98 Å². The summed E-state index contributed by atoms with van der Waals surface area (Å²) in [6, 6.07) is 8.98. The minimum atomic E-state index is -0.0436. The summed E-state index contributed by atoms with van der Waals surface area (Å²) < 4.78 is 2.68. The molecule has 24 heavy (non-hydrogen) atoms. The molecule has 0 spiro atoms. The molecule has 0 fully saturated rings. The van der Waals surface area contributed by atoms with Crippen LogP contribution < -0.4 is 10.9 Å². The lowest BCUT2D eigenvalue weighted by atomic mass is 10.3. The van der Waals surface area contributed by atoms with E-state index in [0.29, 0.717) is 23.2 Å². The van der Waals surface area contributed by atoms with E-state index >= 15 is 0 Å². The summed E-state index contributed by atoms with van der Waals surface area (Å²) in [6.45, 7) is 2.75. The van der Waals surface area contributed by atoms with Crippen LogP contribution in [0, 0.1) is 3.57 Å². The third-order valence-corrected chi connectivity index (χ3v) is 5.21. The first-order chi connectivity index (χ1) is 11.6. The fourth-order valence-corrected chi connectivity index (χ4v) is 2.88. The van der Waals surface area contributed by atoms with Crippen molar-refractivity contribution in [1.29, 1.82) is 0 Å². The molecule has 0 bridgehead atoms. The Morgan fingerprint density at radius 2 is 2.12 bits per heavy atom. The Balaban J connectivity index is 2.00. The van der Waals surface area contributed by atoms with Crippen LogP contribution in [0.15, 0.2) is 41.3 Å². The Morgan fingerprint density at radius 1 is 1.29 bits per heavy atom. The number of unbranched alkanes of at least 4 members (excludes halogenated alkanes) is 1. The van der Waals surface area contributed by atoms with E-state index in [4.69, 9.17) is 11.6 Å². The topological polar surface area (TPSA) is 59.8 Å². The highest BCUT2D eigenvalue weighted by Gasteiger charge is 2.07. The lowest BCUT2D eigenvalue weighted by Gasteiger charge is -2.11. The second kappa shape index (κ2) is 7.48. The average Bonchev–Trinajstić information content (AvgIpc) is 2.57. The van der Waals surface area contributed by atoms with Gasteiger partial charge in [-0.05, 0) is 53.3 Å². The van der Waals surface area contributed by atoms with Crippen molar-refractivity contribution in [2.24, 2.45) is 0 Å². The first-order valence-corrected chi connectivity index (χ1v) is 9.13. The SMILES string of the molecule is CCCCn1c(=O)ccc2cnc(Nc3ccc(I)c(Cl)c3)nc21. The summed E-state index contributed by atoms with van der Waals surface area (Å²) in [6.07, 6.45) is 3.67. The Bertz CT molecular complexity index is 942. The van der Waals surface area contributed by atoms with Crippen molar-refractivity contribution in [2.75, 3.05) is 5.32 Å². The summed E-state index contributed by atoms with van der Waals surface area (Å²) in [4.78, 5) is 21.0. The molecular formula is C17H16ClIN4O. The highest BCUT2D eigenvalue weighted by molar-refractivity contribution is 14.1. The van der Waals surface area contributed by atoms with Crippen LogP contribution in [-0.2, 0) is 6.54 Å². The number of fused-ring (bicyclic) bond motifs is 1. The predicted octanol–water partition coefficient (Wildman–Crippen LogP) is 4.59. The van der Waals surface area contributed by atoms with Crippen molar-refractivity contribution >= 4 is 56.9 Å². The lowest BCUT2D eigenvalue weighted by Crippen LogP contribution is -2.20. The van der Waals surface area contributed by atoms with Gasteiger partial charge in [-0.15, -0.1) is 0 Å². The quantitative estimate of drug-likeness (QED) is 0.573. The predicted molar refractivity (Wildman–Crippen MR) is 106 cm³/mol. The van der Waals surface area contributed by atoms with Crippen LogP contribution in [0.1, 0.15) is 19.8 Å². The van der Waals surface area contributed by atoms with E-state index in [1.54, 1.807) is 22.9 Å². The first kappa shape index (κ1) is 17.2. The van der Waals surface area contributed by atoms with Gasteiger partial charge in [0.15, 0.2) is 0 Å². The van der Waals surface area contributed by atoms with E-state index in [2.05, 4.69) is 44.8 Å². The van der Waals surface area contributed by atoms with Crippen LogP contribution in [0.3, 0.4) is 0 Å². The van der Waals surface area contributed by atoms with E-state index in [0.717, 1.165) is 27.5 Å². The number of nitrogens with one attached hydrogen (secondary N) is 1. The minimum absolute atomic E-state index is 0.0436. The van der Waals surface area contributed by atoms with Gasteiger partial charge >= 0.3 is 0 Å². The molecule has 2 heterocycles. The zero-order valence-corrected chi connectivity index (χ0v) is 16.0. The number of rotatable bonds is 5. The normalized spacial score (nSPS) is 11.0. The van der Waals surface area contributed by atoms with Crippen LogP contribution in [0.5, 0.6) is 0 Å². The molecule has 0 radical (unpaired) electrons. The molecule has 0 aliphatic heterocycles. The first-order valence-electron chi connectivity index (χ1n) is 7.67. The molecule has 0 saturated heterocycles. The van der Waals surface area contributed by atoms with Gasteiger partial charge in [0.05, 0.1) is 5.02 Å². The molecule has 3 rings (SSSR count). The van der Waals surface area contributed by atoms with Gasteiger partial charge in [0.2, 0.25) is 5.95 Å². The summed E-state index contributed by atoms with van der Waals surface area (Å²) in [5.74, 6) is 0.440. The summed E-state index contributed by atoms with van der Waals surface area (Å²) in [5.41, 5.74) is 1.40. The number of aromatic nitrogens is 3. The van der Waals surface area contributed by atoms with Crippen LogP contribution in [-0.4, -0.2) is 14.5 Å². The molecule has 0 unspecified atom stereocenters. The van der Waals surface area contributed by atoms with Crippen molar-refractivity contribution in [3.8, 4) is 0 Å². The molecule has 0 aliphatic rings. The van der Waals surface area contributed by atoms with Crippen LogP contribution in [0.4, 0.5) is 11.6 Å². The maximum Gasteiger partial charge on any atom is 0.252 e. The average molecular weight is 455 g/mol. The van der Waals surface area contributed by atoms with E-state index in [9.17, 15) is 4.79 Å². The summed E-state index contributed by atoms with van der Waals surface area (Å²) in [5, 5.41) is 4.65. The van der Waals surface area contributed by atoms with Crippen LogP contribution >= 0.6 is 34.2 Å². The number of anilines is 2. The largest absolute Gasteiger partial charge is 0.324 e. The minimum Gasteiger partial charge on any atom is -0.324 e. The van der Waals surface area contributed by atoms with Gasteiger partial charge in [-0.1, -0.05) is 24.9 Å². The zero-order valence-electron chi connectivity index (χ0n) is 13.1. The van der Waals surface area contributed by atoms with Gasteiger partial charge in [-0.25, -0.2) is 4.98 Å². The van der Waals surface area contributed by atoms with Crippen LogP contribution in [0.2, 0.25) is 5.02 Å². The smallest absolute Gasteiger partial charge is 0.252 e. The summed E-state index contributed by atoms with van der Waals surface area (Å²) in [7, 11) is 0. The highest BCUT2D eigenvalue weighted by Crippen LogP contribution is 2.24. The van der Waals surface area contributed by atoms with Gasteiger partial charge in [0.1, 0.15) is 5.65 Å². The molecule has 1 N–H and O–H groups in total. The van der Waals surface area contributed by atoms with Crippen molar-refractivity contribution in [3.63, 3.8) is 0 Å². The van der Waals surface area contributed by atoms with E-state index in [-0.39, 0.29) is 5.56 Å². The Hall–Kier alpha value is -1.67. The number of hydrogen-bond acceptors (Lipinski definition) is 4. The van der Waals surface area contributed by atoms with E-state index < -0.39 is 0 Å². The van der Waals surface area contributed by atoms with E-state index in [1.807, 2.05) is 18.2 Å². The monoisotopic (exact) mass is 454 g/mol. The molecule has 0 aliphatic carbocycles. The number of pyridine rings is 1. The number of hydrogen-bond donors (Lipinski definition) is 1. The van der Waals surface area contributed by atoms with Crippen molar-refractivity contribution in [1.82, 2.24) is 14.5 Å². The number of benzene rings is 1. The molecule has 0 atom stereocenters. The molecule has 124 valence electrons. The molecule has 0 amide bonds. The zero-order chi connectivity index (χ0) is 17.1. The lowest BCUT2D eigenvalue weighted by molar-refractivity contribution is 0.627. The third-order valence-electron chi connectivity index (χ3n) is 3.63. The van der Waals surface area contributed by atoms with Gasteiger partial charge in [0, 0.05) is 33.5 Å². The molecule has 7 heteroatoms. The number of halogens is 2. The molecule has 0 saturated carbocycles. The second-order valence-electron chi connectivity index (χ2n) is 5.40. The maximum absolute atomic E-state index is 12.2. The van der Waals surface area contributed by atoms with Gasteiger partial charge in [0.25, 0.3) is 5.56 Å². The standard InChI is InChI=1S/C17H16ClIN4O/c1-2-3-8-23-15(24)7-4-11-10-20-17(22-16(11)23)21-12-5-6-14(19)13(18)9-12/h4-7,9-10H,2-3,8H2,1H3,(H,20,21,22). The van der Waals surface area contributed by atoms with Crippen molar-refractivity contribution in [2.45, 2.75) is 26.3 Å². The second-order valence-corrected chi connectivity index (χ2v) is 6.97. The fraction of sp³-hybridized carbons (Fsp3) is 0.235. The Kier molecular flexibility index (Phi) is 5.35. The Labute approximate surface area is 158 Å². The summed E-state index contributed by atoms with van der Waals surface area (Å²) >= 11 is 8.32. The molecule has 3 aromatic rings. The Morgan fingerprint density at radius 3 is 2.88 bits per heavy atom. The third kappa shape index (κ3) is 3.70. The maximum atomic E-state index is 12.2. The van der Waals surface area contributed by atoms with Crippen LogP contribution in [0.25, 0.3) is 11.0 Å². The molecular weight excluding hydrogens is 439 g/mol. The van der Waals surface area contributed by atoms with Crippen molar-refractivity contribution in [3.05, 3.63) is 55.5 Å². The molecule has 5 nitrogen and oxygen atoms in total. The number of nitrogens with zero attached hydrogens (tertiary/aromatic N) is 3. The van der Waals surface area contributed by atoms with Crippen molar-refractivity contribution < 1.29 is 0 Å². The number of aryl methyl sites for hydroxylation is 1. The highest BCUT2D eigenvalue weighted by atomic mass is 127. The molecule has 1 aromatic carbocycles. The fourth-order valence-electron chi connectivity index (χ4n) is 2.37. The van der Waals surface area contributed by atoms with Gasteiger partial charge in [-0.3, -0.25) is 9.36 Å². The molecule has 2 aromatic heterocycles.